The zero-order valence-corrected chi connectivity index (χ0v) is 21.3. The Morgan fingerprint density at radius 1 is 1.26 bits per heavy atom. The van der Waals surface area contributed by atoms with E-state index in [1.807, 2.05) is 7.05 Å². The SMILES string of the molecule is CN1CCc2nc(C(=O)N[C@@H]3CN(C=O)CC[C@@H]3NC(=S)C(=O)Nc3ccc(F)cn3)sc2C1.Cl. The molecule has 14 heteroatoms. The Bertz CT molecular complexity index is 1100. The van der Waals surface area contributed by atoms with Crippen molar-refractivity contribution in [2.24, 2.45) is 0 Å². The highest BCUT2D eigenvalue weighted by atomic mass is 35.5. The molecule has 2 aliphatic heterocycles. The summed E-state index contributed by atoms with van der Waals surface area (Å²) in [5.74, 6) is -1.28. The van der Waals surface area contributed by atoms with Crippen LogP contribution in [0.2, 0.25) is 0 Å². The maximum atomic E-state index is 13.0. The van der Waals surface area contributed by atoms with Gasteiger partial charge in [0.2, 0.25) is 6.41 Å². The third kappa shape index (κ3) is 6.69. The lowest BCUT2D eigenvalue weighted by Gasteiger charge is -2.37. The molecule has 0 bridgehead atoms. The summed E-state index contributed by atoms with van der Waals surface area (Å²) in [5, 5.41) is 8.83. The molecule has 188 valence electrons. The van der Waals surface area contributed by atoms with Gasteiger partial charge in [-0.1, -0.05) is 12.2 Å². The van der Waals surface area contributed by atoms with Gasteiger partial charge < -0.3 is 25.8 Å². The first kappa shape index (κ1) is 26.9. The summed E-state index contributed by atoms with van der Waals surface area (Å²) < 4.78 is 13.0. The molecule has 1 fully saturated rings. The van der Waals surface area contributed by atoms with Crippen molar-refractivity contribution in [1.29, 1.82) is 0 Å². The van der Waals surface area contributed by atoms with Gasteiger partial charge in [-0.2, -0.15) is 0 Å². The first-order valence-electron chi connectivity index (χ1n) is 10.7. The first-order valence-corrected chi connectivity index (χ1v) is 12.0. The number of pyridine rings is 1. The summed E-state index contributed by atoms with van der Waals surface area (Å²) in [7, 11) is 2.03. The maximum absolute atomic E-state index is 13.0. The van der Waals surface area contributed by atoms with Crippen molar-refractivity contribution >= 4 is 65.0 Å². The summed E-state index contributed by atoms with van der Waals surface area (Å²) in [6, 6.07) is 1.64. The summed E-state index contributed by atoms with van der Waals surface area (Å²) in [5.41, 5.74) is 0.952. The quantitative estimate of drug-likeness (QED) is 0.378. The fourth-order valence-electron chi connectivity index (χ4n) is 3.90. The fourth-order valence-corrected chi connectivity index (χ4v) is 5.19. The Kier molecular flexibility index (Phi) is 9.05. The molecule has 2 aliphatic rings. The van der Waals surface area contributed by atoms with Crippen molar-refractivity contribution in [2.45, 2.75) is 31.5 Å². The third-order valence-electron chi connectivity index (χ3n) is 5.72. The number of carbonyl (C=O) groups is 3. The molecule has 35 heavy (non-hydrogen) atoms. The molecule has 0 aromatic carbocycles. The van der Waals surface area contributed by atoms with Gasteiger partial charge in [-0.15, -0.1) is 23.7 Å². The minimum absolute atomic E-state index is 0. The number of amides is 3. The minimum Gasteiger partial charge on any atom is -0.367 e. The molecule has 0 radical (unpaired) electrons. The van der Waals surface area contributed by atoms with Gasteiger partial charge in [0.05, 0.1) is 24.0 Å². The highest BCUT2D eigenvalue weighted by Gasteiger charge is 2.33. The Morgan fingerprint density at radius 2 is 2.06 bits per heavy atom. The van der Waals surface area contributed by atoms with E-state index < -0.39 is 17.8 Å². The van der Waals surface area contributed by atoms with Crippen LogP contribution in [-0.4, -0.2) is 81.7 Å². The lowest BCUT2D eigenvalue weighted by molar-refractivity contribution is -0.119. The molecule has 2 aromatic rings. The number of rotatable bonds is 5. The van der Waals surface area contributed by atoms with Gasteiger partial charge in [0.25, 0.3) is 11.8 Å². The molecule has 1 saturated heterocycles. The van der Waals surface area contributed by atoms with Crippen LogP contribution in [0.5, 0.6) is 0 Å². The molecule has 0 saturated carbocycles. The van der Waals surface area contributed by atoms with Gasteiger partial charge in [-0.3, -0.25) is 14.4 Å². The van der Waals surface area contributed by atoms with Crippen LogP contribution in [0.25, 0.3) is 0 Å². The van der Waals surface area contributed by atoms with Crippen molar-refractivity contribution in [2.75, 3.05) is 32.0 Å². The summed E-state index contributed by atoms with van der Waals surface area (Å²) in [4.78, 5) is 49.8. The molecule has 0 aliphatic carbocycles. The predicted octanol–water partition coefficient (Wildman–Crippen LogP) is 0.972. The van der Waals surface area contributed by atoms with E-state index in [1.54, 1.807) is 4.90 Å². The smallest absolute Gasteiger partial charge is 0.284 e. The molecule has 10 nitrogen and oxygen atoms in total. The average Bonchev–Trinajstić information content (AvgIpc) is 3.25. The normalized spacial score (nSPS) is 19.7. The number of thiocarbonyl (C=S) groups is 1. The number of aromatic nitrogens is 2. The van der Waals surface area contributed by atoms with Crippen molar-refractivity contribution in [1.82, 2.24) is 30.4 Å². The minimum atomic E-state index is -0.603. The molecular weight excluding hydrogens is 517 g/mol. The number of nitrogens with zero attached hydrogens (tertiary/aromatic N) is 4. The number of thiazole rings is 1. The Hall–Kier alpha value is -2.74. The molecular formula is C21H25ClFN7O3S2. The van der Waals surface area contributed by atoms with E-state index in [0.29, 0.717) is 18.0 Å². The number of likely N-dealkylation sites (tertiary alicyclic amines) is 1. The number of piperidine rings is 1. The highest BCUT2D eigenvalue weighted by molar-refractivity contribution is 7.82. The van der Waals surface area contributed by atoms with Crippen LogP contribution < -0.4 is 16.0 Å². The number of halogens is 2. The topological polar surface area (TPSA) is 120 Å². The zero-order valence-electron chi connectivity index (χ0n) is 18.8. The Morgan fingerprint density at radius 3 is 2.77 bits per heavy atom. The van der Waals surface area contributed by atoms with E-state index in [2.05, 4.69) is 30.8 Å². The van der Waals surface area contributed by atoms with E-state index in [9.17, 15) is 18.8 Å². The van der Waals surface area contributed by atoms with Crippen molar-refractivity contribution in [3.8, 4) is 0 Å². The first-order chi connectivity index (χ1) is 16.3. The fraction of sp³-hybridized carbons (Fsp3) is 0.429. The van der Waals surface area contributed by atoms with Crippen molar-refractivity contribution in [3.63, 3.8) is 0 Å². The van der Waals surface area contributed by atoms with Gasteiger partial charge in [-0.25, -0.2) is 14.4 Å². The third-order valence-corrected chi connectivity index (χ3v) is 7.10. The second-order valence-electron chi connectivity index (χ2n) is 8.24. The van der Waals surface area contributed by atoms with Crippen LogP contribution >= 0.6 is 36.0 Å². The van der Waals surface area contributed by atoms with Crippen LogP contribution in [0.3, 0.4) is 0 Å². The summed E-state index contributed by atoms with van der Waals surface area (Å²) in [6.07, 6.45) is 3.00. The lowest BCUT2D eigenvalue weighted by Crippen LogP contribution is -2.61. The van der Waals surface area contributed by atoms with E-state index in [-0.39, 0.29) is 41.7 Å². The van der Waals surface area contributed by atoms with Crippen molar-refractivity contribution in [3.05, 3.63) is 39.7 Å². The van der Waals surface area contributed by atoms with Crippen LogP contribution in [0.15, 0.2) is 18.3 Å². The van der Waals surface area contributed by atoms with Gasteiger partial charge in [0, 0.05) is 37.5 Å². The monoisotopic (exact) mass is 541 g/mol. The number of hydrogen-bond acceptors (Lipinski definition) is 8. The van der Waals surface area contributed by atoms with Gasteiger partial charge in [0.1, 0.15) is 11.6 Å². The molecule has 3 N–H and O–H groups in total. The number of nitrogens with one attached hydrogen (secondary N) is 3. The number of fused-ring (bicyclic) bond motifs is 1. The zero-order chi connectivity index (χ0) is 24.2. The second kappa shape index (κ2) is 11.8. The van der Waals surface area contributed by atoms with Gasteiger partial charge >= 0.3 is 0 Å². The Balaban J connectivity index is 0.00000342. The second-order valence-corrected chi connectivity index (χ2v) is 9.73. The lowest BCUT2D eigenvalue weighted by atomic mass is 9.99. The number of anilines is 1. The molecule has 0 spiro atoms. The van der Waals surface area contributed by atoms with E-state index >= 15 is 0 Å². The average molecular weight is 542 g/mol. The Labute approximate surface area is 217 Å². The predicted molar refractivity (Wildman–Crippen MR) is 135 cm³/mol. The number of hydrogen-bond donors (Lipinski definition) is 3. The van der Waals surface area contributed by atoms with E-state index in [4.69, 9.17) is 12.2 Å². The van der Waals surface area contributed by atoms with Gasteiger partial charge in [-0.05, 0) is 25.6 Å². The van der Waals surface area contributed by atoms with Crippen molar-refractivity contribution < 1.29 is 18.8 Å². The van der Waals surface area contributed by atoms with Crippen LogP contribution in [0.4, 0.5) is 10.2 Å². The van der Waals surface area contributed by atoms with Crippen LogP contribution in [-0.2, 0) is 22.6 Å². The molecule has 2 aromatic heterocycles. The maximum Gasteiger partial charge on any atom is 0.284 e. The summed E-state index contributed by atoms with van der Waals surface area (Å²) in [6.45, 7) is 2.38. The van der Waals surface area contributed by atoms with E-state index in [1.165, 1.54) is 23.5 Å². The molecule has 4 rings (SSSR count). The number of likely N-dealkylation sites (N-methyl/N-ethyl adjacent to an activating group) is 1. The molecule has 4 heterocycles. The van der Waals surface area contributed by atoms with E-state index in [0.717, 1.165) is 42.7 Å². The molecule has 3 amide bonds. The highest BCUT2D eigenvalue weighted by Crippen LogP contribution is 2.24. The van der Waals surface area contributed by atoms with Crippen LogP contribution in [0, 0.1) is 5.82 Å². The molecule has 0 unspecified atom stereocenters. The number of carbonyl (C=O) groups excluding carboxylic acids is 3. The van der Waals surface area contributed by atoms with Gasteiger partial charge in [0.15, 0.2) is 10.00 Å². The molecule has 2 atom stereocenters. The van der Waals surface area contributed by atoms with Crippen LogP contribution in [0.1, 0.15) is 26.8 Å². The standard InChI is InChI=1S/C21H24FN7O3S2.ClH/c1-28-6-4-14-16(10-28)34-21(26-14)19(32)24-15-9-29(11-30)7-5-13(15)25-20(33)18(31)27-17-3-2-12(22)8-23-17;/h2-3,8,11,13,15H,4-7,9-10H2,1H3,(H,24,32)(H,25,33)(H,23,27,31);1H/t13-,15+;/m0./s1. The largest absolute Gasteiger partial charge is 0.367 e. The summed E-state index contributed by atoms with van der Waals surface area (Å²) >= 11 is 6.61.